The lowest BCUT2D eigenvalue weighted by molar-refractivity contribution is -0.191. The van der Waals surface area contributed by atoms with E-state index in [0.29, 0.717) is 10.6 Å². The molecule has 1 fully saturated rings. The summed E-state index contributed by atoms with van der Waals surface area (Å²) in [6, 6.07) is 19.7. The molecule has 11 heteroatoms. The predicted molar refractivity (Wildman–Crippen MR) is 143 cm³/mol. The fraction of sp³-hybridized carbons (Fsp3) is 0.357. The summed E-state index contributed by atoms with van der Waals surface area (Å²) >= 11 is 0. The summed E-state index contributed by atoms with van der Waals surface area (Å²) in [6.45, 7) is 0.199. The van der Waals surface area contributed by atoms with Crippen LogP contribution in [-0.2, 0) is 14.8 Å². The first kappa shape index (κ1) is 28.6. The SMILES string of the molecule is CN(C(=O)C1CCN(S(C)(=O)=O)CC1)[C@@H](c1ccc(NC(c2ccccc2)c2ccccc2)cn1)C(F)(F)F. The van der Waals surface area contributed by atoms with E-state index in [1.54, 1.807) is 0 Å². The lowest BCUT2D eigenvalue weighted by Gasteiger charge is -2.35. The van der Waals surface area contributed by atoms with Crippen molar-refractivity contribution in [2.75, 3.05) is 31.7 Å². The zero-order chi connectivity index (χ0) is 28.2. The Kier molecular flexibility index (Phi) is 8.60. The largest absolute Gasteiger partial charge is 0.414 e. The van der Waals surface area contributed by atoms with Crippen LogP contribution in [0.5, 0.6) is 0 Å². The highest BCUT2D eigenvalue weighted by atomic mass is 32.2. The van der Waals surface area contributed by atoms with Crippen LogP contribution in [0.3, 0.4) is 0 Å². The smallest absolute Gasteiger partial charge is 0.373 e. The molecule has 3 aromatic rings. The molecule has 2 aromatic carbocycles. The molecule has 39 heavy (non-hydrogen) atoms. The molecule has 1 atom stereocenters. The van der Waals surface area contributed by atoms with Gasteiger partial charge in [-0.2, -0.15) is 13.2 Å². The van der Waals surface area contributed by atoms with E-state index in [9.17, 15) is 26.4 Å². The number of piperidine rings is 1. The number of pyridine rings is 1. The standard InChI is InChI=1S/C28H31F3N4O3S/c1-34(27(36)22-15-17-35(18-16-22)39(2,37)38)26(28(29,30)31)24-14-13-23(19-32-24)33-25(20-9-5-3-6-10-20)21-11-7-4-8-12-21/h3-14,19,22,25-26,33H,15-18H2,1-2H3/t26-/m0/s1. The van der Waals surface area contributed by atoms with Gasteiger partial charge in [0.1, 0.15) is 0 Å². The molecule has 1 aromatic heterocycles. The fourth-order valence-electron chi connectivity index (χ4n) is 4.90. The van der Waals surface area contributed by atoms with Crippen molar-refractivity contribution in [2.45, 2.75) is 31.1 Å². The van der Waals surface area contributed by atoms with Crippen LogP contribution in [0.25, 0.3) is 0 Å². The number of halogens is 3. The summed E-state index contributed by atoms with van der Waals surface area (Å²) in [5, 5.41) is 3.36. The van der Waals surface area contributed by atoms with Crippen molar-refractivity contribution < 1.29 is 26.4 Å². The van der Waals surface area contributed by atoms with Gasteiger partial charge in [-0.1, -0.05) is 60.7 Å². The predicted octanol–water partition coefficient (Wildman–Crippen LogP) is 5.02. The van der Waals surface area contributed by atoms with Crippen molar-refractivity contribution in [1.82, 2.24) is 14.2 Å². The summed E-state index contributed by atoms with van der Waals surface area (Å²) in [5.41, 5.74) is 2.19. The minimum atomic E-state index is -4.75. The first-order valence-electron chi connectivity index (χ1n) is 12.6. The van der Waals surface area contributed by atoms with Gasteiger partial charge in [0.05, 0.1) is 29.9 Å². The lowest BCUT2D eigenvalue weighted by atomic mass is 9.95. The maximum absolute atomic E-state index is 14.2. The Morgan fingerprint density at radius 2 is 1.51 bits per heavy atom. The number of carbonyl (C=O) groups is 1. The Morgan fingerprint density at radius 3 is 1.95 bits per heavy atom. The van der Waals surface area contributed by atoms with Crippen LogP contribution in [0.1, 0.15) is 41.7 Å². The molecule has 1 amide bonds. The number of nitrogens with zero attached hydrogens (tertiary/aromatic N) is 3. The zero-order valence-corrected chi connectivity index (χ0v) is 22.5. The number of hydrogen-bond acceptors (Lipinski definition) is 5. The number of anilines is 1. The number of carbonyl (C=O) groups excluding carboxylic acids is 1. The number of rotatable bonds is 8. The zero-order valence-electron chi connectivity index (χ0n) is 21.7. The summed E-state index contributed by atoms with van der Waals surface area (Å²) in [6.07, 6.45) is -2.01. The molecule has 0 bridgehead atoms. The minimum absolute atomic E-state index is 0.0996. The van der Waals surface area contributed by atoms with Crippen molar-refractivity contribution in [2.24, 2.45) is 5.92 Å². The highest BCUT2D eigenvalue weighted by molar-refractivity contribution is 7.88. The van der Waals surface area contributed by atoms with Crippen molar-refractivity contribution in [3.63, 3.8) is 0 Å². The van der Waals surface area contributed by atoms with Gasteiger partial charge in [-0.05, 0) is 36.1 Å². The molecule has 2 heterocycles. The summed E-state index contributed by atoms with van der Waals surface area (Å²) in [5.74, 6) is -1.38. The molecule has 4 rings (SSSR count). The molecule has 208 valence electrons. The Morgan fingerprint density at radius 1 is 0.974 bits per heavy atom. The van der Waals surface area contributed by atoms with Gasteiger partial charge in [-0.15, -0.1) is 0 Å². The number of aromatic nitrogens is 1. The molecule has 0 unspecified atom stereocenters. The number of alkyl halides is 3. The molecular weight excluding hydrogens is 529 g/mol. The number of benzene rings is 2. The lowest BCUT2D eigenvalue weighted by Crippen LogP contribution is -2.46. The number of sulfonamides is 1. The van der Waals surface area contributed by atoms with E-state index in [2.05, 4.69) is 10.3 Å². The van der Waals surface area contributed by atoms with Gasteiger partial charge in [-0.25, -0.2) is 12.7 Å². The van der Waals surface area contributed by atoms with E-state index in [1.165, 1.54) is 22.6 Å². The van der Waals surface area contributed by atoms with Crippen molar-refractivity contribution >= 4 is 21.6 Å². The first-order chi connectivity index (χ1) is 18.4. The number of amides is 1. The Balaban J connectivity index is 1.53. The highest BCUT2D eigenvalue weighted by Gasteiger charge is 2.47. The molecule has 1 aliphatic heterocycles. The summed E-state index contributed by atoms with van der Waals surface area (Å²) in [4.78, 5) is 17.9. The van der Waals surface area contributed by atoms with E-state index in [4.69, 9.17) is 0 Å². The molecule has 7 nitrogen and oxygen atoms in total. The van der Waals surface area contributed by atoms with E-state index in [0.717, 1.165) is 24.4 Å². The van der Waals surface area contributed by atoms with Crippen LogP contribution >= 0.6 is 0 Å². The van der Waals surface area contributed by atoms with Gasteiger partial charge in [0.25, 0.3) is 0 Å². The number of nitrogens with one attached hydrogen (secondary N) is 1. The third-order valence-electron chi connectivity index (χ3n) is 6.96. The molecule has 0 aliphatic carbocycles. The molecule has 1 aliphatic rings. The van der Waals surface area contributed by atoms with Gasteiger partial charge in [0, 0.05) is 26.1 Å². The second-order valence-corrected chi connectivity index (χ2v) is 11.7. The minimum Gasteiger partial charge on any atom is -0.373 e. The van der Waals surface area contributed by atoms with Crippen LogP contribution in [0.2, 0.25) is 0 Å². The fourth-order valence-corrected chi connectivity index (χ4v) is 5.78. The summed E-state index contributed by atoms with van der Waals surface area (Å²) in [7, 11) is -2.29. The van der Waals surface area contributed by atoms with Crippen LogP contribution in [0.4, 0.5) is 18.9 Å². The third-order valence-corrected chi connectivity index (χ3v) is 8.26. The quantitative estimate of drug-likeness (QED) is 0.419. The van der Waals surface area contributed by atoms with Crippen LogP contribution in [-0.4, -0.2) is 61.1 Å². The maximum Gasteiger partial charge on any atom is 0.414 e. The Bertz CT molecular complexity index is 1310. The van der Waals surface area contributed by atoms with Crippen molar-refractivity contribution in [1.29, 1.82) is 0 Å². The van der Waals surface area contributed by atoms with Gasteiger partial charge < -0.3 is 10.2 Å². The molecular formula is C28H31F3N4O3S. The monoisotopic (exact) mass is 560 g/mol. The van der Waals surface area contributed by atoms with E-state index < -0.39 is 34.1 Å². The van der Waals surface area contributed by atoms with Crippen molar-refractivity contribution in [3.8, 4) is 0 Å². The van der Waals surface area contributed by atoms with E-state index >= 15 is 0 Å². The average molecular weight is 561 g/mol. The number of hydrogen-bond donors (Lipinski definition) is 1. The summed E-state index contributed by atoms with van der Waals surface area (Å²) < 4.78 is 67.4. The van der Waals surface area contributed by atoms with Gasteiger partial charge >= 0.3 is 6.18 Å². The molecule has 1 saturated heterocycles. The maximum atomic E-state index is 14.2. The van der Waals surface area contributed by atoms with Gasteiger partial charge in [-0.3, -0.25) is 9.78 Å². The van der Waals surface area contributed by atoms with Gasteiger partial charge in [0.2, 0.25) is 15.9 Å². The van der Waals surface area contributed by atoms with Crippen LogP contribution in [0.15, 0.2) is 79.0 Å². The third kappa shape index (κ3) is 6.96. The second-order valence-electron chi connectivity index (χ2n) is 9.70. The molecule has 0 saturated carbocycles. The Hall–Kier alpha value is -3.44. The van der Waals surface area contributed by atoms with E-state index in [-0.39, 0.29) is 37.7 Å². The highest BCUT2D eigenvalue weighted by Crippen LogP contribution is 2.38. The van der Waals surface area contributed by atoms with Crippen LogP contribution in [0, 0.1) is 5.92 Å². The van der Waals surface area contributed by atoms with E-state index in [1.807, 2.05) is 60.7 Å². The molecule has 0 radical (unpaired) electrons. The van der Waals surface area contributed by atoms with Gasteiger partial charge in [0.15, 0.2) is 6.04 Å². The molecule has 1 N–H and O–H groups in total. The average Bonchev–Trinajstić information content (AvgIpc) is 2.92. The van der Waals surface area contributed by atoms with Crippen LogP contribution < -0.4 is 5.32 Å². The normalized spacial score (nSPS) is 16.2. The van der Waals surface area contributed by atoms with Crippen molar-refractivity contribution in [3.05, 3.63) is 95.8 Å². The second kappa shape index (κ2) is 11.7. The topological polar surface area (TPSA) is 82.6 Å². The Labute approximate surface area is 226 Å². The first-order valence-corrected chi connectivity index (χ1v) is 14.4. The molecule has 0 spiro atoms.